The molecule has 6 heteroatoms. The van der Waals surface area contributed by atoms with Gasteiger partial charge in [0.2, 0.25) is 6.79 Å². The number of fused-ring (bicyclic) bond motifs is 1. The summed E-state index contributed by atoms with van der Waals surface area (Å²) in [5.41, 5.74) is 0.529. The van der Waals surface area contributed by atoms with Gasteiger partial charge in [0, 0.05) is 10.0 Å². The summed E-state index contributed by atoms with van der Waals surface area (Å²) < 4.78 is 22.9. The smallest absolute Gasteiger partial charge is 0.231 e. The average molecular weight is 427 g/mol. The maximum atomic E-state index is 12.3. The zero-order valence-electron chi connectivity index (χ0n) is 14.2. The summed E-state index contributed by atoms with van der Waals surface area (Å²) in [7, 11) is 0. The molecule has 0 amide bonds. The normalized spacial score (nSPS) is 12.5. The fraction of sp³-hybridized carbons (Fsp3) is 0.0952. The van der Waals surface area contributed by atoms with Crippen LogP contribution in [0, 0.1) is 0 Å². The summed E-state index contributed by atoms with van der Waals surface area (Å²) in [5.74, 6) is 3.10. The highest BCUT2D eigenvalue weighted by Gasteiger charge is 2.15. The minimum Gasteiger partial charge on any atom is -0.486 e. The molecule has 0 aliphatic carbocycles. The van der Waals surface area contributed by atoms with Crippen LogP contribution in [0.5, 0.6) is 17.2 Å². The van der Waals surface area contributed by atoms with Crippen LogP contribution in [0.1, 0.15) is 21.9 Å². The van der Waals surface area contributed by atoms with Gasteiger partial charge in [-0.05, 0) is 66.7 Å². The van der Waals surface area contributed by atoms with Crippen LogP contribution in [-0.2, 0) is 6.61 Å². The van der Waals surface area contributed by atoms with Crippen molar-refractivity contribution in [2.24, 2.45) is 0 Å². The second kappa shape index (κ2) is 7.72. The number of halogens is 1. The van der Waals surface area contributed by atoms with E-state index < -0.39 is 0 Å². The van der Waals surface area contributed by atoms with Crippen molar-refractivity contribution in [2.75, 3.05) is 6.79 Å². The lowest BCUT2D eigenvalue weighted by atomic mass is 10.1. The summed E-state index contributed by atoms with van der Waals surface area (Å²) in [6.45, 7) is 0.492. The molecule has 2 heterocycles. The molecule has 5 nitrogen and oxygen atoms in total. The number of carbonyl (C=O) groups is 1. The number of furan rings is 1. The Morgan fingerprint density at radius 3 is 2.70 bits per heavy atom. The Labute approximate surface area is 164 Å². The van der Waals surface area contributed by atoms with Crippen LogP contribution in [0.2, 0.25) is 0 Å². The number of hydrogen-bond acceptors (Lipinski definition) is 5. The molecule has 0 N–H and O–H groups in total. The fourth-order valence-corrected chi connectivity index (χ4v) is 2.82. The molecule has 4 rings (SSSR count). The lowest BCUT2D eigenvalue weighted by Crippen LogP contribution is -1.94. The van der Waals surface area contributed by atoms with E-state index in [1.54, 1.807) is 30.3 Å². The SMILES string of the molecule is O=C(/C=C/c1ccc(COc2ccc(Br)cc2)o1)c1ccc2c(c1)OCO2. The molecule has 0 unspecified atom stereocenters. The van der Waals surface area contributed by atoms with Crippen molar-refractivity contribution in [1.29, 1.82) is 0 Å². The Bertz CT molecular complexity index is 988. The molecule has 0 bridgehead atoms. The van der Waals surface area contributed by atoms with E-state index in [2.05, 4.69) is 15.9 Å². The Morgan fingerprint density at radius 1 is 1.04 bits per heavy atom. The molecule has 3 aromatic rings. The van der Waals surface area contributed by atoms with Gasteiger partial charge in [-0.2, -0.15) is 0 Å². The lowest BCUT2D eigenvalue weighted by molar-refractivity contribution is 0.104. The predicted molar refractivity (Wildman–Crippen MR) is 103 cm³/mol. The van der Waals surface area contributed by atoms with Gasteiger partial charge < -0.3 is 18.6 Å². The molecular formula is C21H15BrO5. The van der Waals surface area contributed by atoms with Crippen molar-refractivity contribution >= 4 is 27.8 Å². The van der Waals surface area contributed by atoms with Gasteiger partial charge in [0.05, 0.1) is 0 Å². The number of allylic oxidation sites excluding steroid dienone is 1. The Kier molecular flexibility index (Phi) is 4.98. The van der Waals surface area contributed by atoms with Crippen molar-refractivity contribution in [3.05, 3.63) is 82.2 Å². The van der Waals surface area contributed by atoms with Gasteiger partial charge in [-0.15, -0.1) is 0 Å². The first kappa shape index (κ1) is 17.4. The van der Waals surface area contributed by atoms with E-state index in [1.165, 1.54) is 6.08 Å². The van der Waals surface area contributed by atoms with Gasteiger partial charge in [0.25, 0.3) is 0 Å². The summed E-state index contributed by atoms with van der Waals surface area (Å²) in [4.78, 5) is 12.3. The molecule has 1 aliphatic heterocycles. The van der Waals surface area contributed by atoms with E-state index in [0.717, 1.165) is 10.2 Å². The van der Waals surface area contributed by atoms with E-state index in [9.17, 15) is 4.79 Å². The maximum Gasteiger partial charge on any atom is 0.231 e. The number of benzene rings is 2. The van der Waals surface area contributed by atoms with Gasteiger partial charge >= 0.3 is 0 Å². The first-order valence-corrected chi connectivity index (χ1v) is 9.06. The molecule has 0 spiro atoms. The molecule has 1 aromatic heterocycles. The zero-order valence-corrected chi connectivity index (χ0v) is 15.8. The molecule has 136 valence electrons. The van der Waals surface area contributed by atoms with Gasteiger partial charge in [-0.25, -0.2) is 0 Å². The highest BCUT2D eigenvalue weighted by molar-refractivity contribution is 9.10. The topological polar surface area (TPSA) is 57.9 Å². The second-order valence-electron chi connectivity index (χ2n) is 5.81. The molecule has 0 atom stereocenters. The average Bonchev–Trinajstić information content (AvgIpc) is 3.34. The number of hydrogen-bond donors (Lipinski definition) is 0. The van der Waals surface area contributed by atoms with E-state index >= 15 is 0 Å². The van der Waals surface area contributed by atoms with Crippen LogP contribution in [-0.4, -0.2) is 12.6 Å². The Morgan fingerprint density at radius 2 is 1.85 bits per heavy atom. The Hall–Kier alpha value is -2.99. The van der Waals surface area contributed by atoms with E-state index in [-0.39, 0.29) is 12.6 Å². The van der Waals surface area contributed by atoms with Gasteiger partial charge in [0.1, 0.15) is 23.9 Å². The van der Waals surface area contributed by atoms with Crippen molar-refractivity contribution in [2.45, 2.75) is 6.61 Å². The Balaban J connectivity index is 1.37. The highest BCUT2D eigenvalue weighted by atomic mass is 79.9. The van der Waals surface area contributed by atoms with Gasteiger partial charge in [-0.1, -0.05) is 15.9 Å². The molecule has 27 heavy (non-hydrogen) atoms. The van der Waals surface area contributed by atoms with Crippen molar-refractivity contribution < 1.29 is 23.4 Å². The molecular weight excluding hydrogens is 412 g/mol. The summed E-state index contributed by atoms with van der Waals surface area (Å²) in [6, 6.07) is 16.3. The fourth-order valence-electron chi connectivity index (χ4n) is 2.55. The standard InChI is InChI=1S/C21H15BrO5/c22-15-2-4-16(5-3-15)24-12-18-7-6-17(27-18)8-9-19(23)14-1-10-20-21(11-14)26-13-25-20/h1-11H,12-13H2/b9-8+. The maximum absolute atomic E-state index is 12.3. The minimum absolute atomic E-state index is 0.141. The first-order chi connectivity index (χ1) is 13.2. The van der Waals surface area contributed by atoms with Crippen LogP contribution in [0.15, 0.2) is 69.6 Å². The zero-order chi connectivity index (χ0) is 18.6. The first-order valence-electron chi connectivity index (χ1n) is 8.26. The highest BCUT2D eigenvalue weighted by Crippen LogP contribution is 2.32. The molecule has 0 saturated carbocycles. The quantitative estimate of drug-likeness (QED) is 0.398. The van der Waals surface area contributed by atoms with E-state index in [4.69, 9.17) is 18.6 Å². The summed E-state index contributed by atoms with van der Waals surface area (Å²) in [5, 5.41) is 0. The number of ketones is 1. The third kappa shape index (κ3) is 4.23. The van der Waals surface area contributed by atoms with Crippen LogP contribution in [0.4, 0.5) is 0 Å². The van der Waals surface area contributed by atoms with E-state index in [1.807, 2.05) is 30.3 Å². The largest absolute Gasteiger partial charge is 0.486 e. The van der Waals surface area contributed by atoms with E-state index in [0.29, 0.717) is 35.2 Å². The van der Waals surface area contributed by atoms with Crippen LogP contribution < -0.4 is 14.2 Å². The molecule has 1 aliphatic rings. The van der Waals surface area contributed by atoms with Crippen LogP contribution >= 0.6 is 15.9 Å². The van der Waals surface area contributed by atoms with Gasteiger partial charge in [-0.3, -0.25) is 4.79 Å². The predicted octanol–water partition coefficient (Wildman–Crippen LogP) is 5.25. The van der Waals surface area contributed by atoms with Crippen molar-refractivity contribution in [3.8, 4) is 17.2 Å². The second-order valence-corrected chi connectivity index (χ2v) is 6.73. The van der Waals surface area contributed by atoms with Crippen LogP contribution in [0.3, 0.4) is 0 Å². The summed E-state index contributed by atoms with van der Waals surface area (Å²) >= 11 is 3.38. The third-order valence-electron chi connectivity index (χ3n) is 3.93. The molecule has 2 aromatic carbocycles. The molecule has 0 saturated heterocycles. The monoisotopic (exact) mass is 426 g/mol. The minimum atomic E-state index is -0.141. The molecule has 0 radical (unpaired) electrons. The van der Waals surface area contributed by atoms with Gasteiger partial charge in [0.15, 0.2) is 17.3 Å². The molecule has 0 fully saturated rings. The summed E-state index contributed by atoms with van der Waals surface area (Å²) in [6.07, 6.45) is 3.10. The number of rotatable bonds is 6. The van der Waals surface area contributed by atoms with Crippen molar-refractivity contribution in [1.82, 2.24) is 0 Å². The van der Waals surface area contributed by atoms with Crippen LogP contribution in [0.25, 0.3) is 6.08 Å². The third-order valence-corrected chi connectivity index (χ3v) is 4.46. The lowest BCUT2D eigenvalue weighted by Gasteiger charge is -2.03. The number of carbonyl (C=O) groups excluding carboxylic acids is 1. The van der Waals surface area contributed by atoms with Crippen molar-refractivity contribution in [3.63, 3.8) is 0 Å². The number of ether oxygens (including phenoxy) is 3.